The van der Waals surface area contributed by atoms with E-state index < -0.39 is 0 Å². The first-order valence-corrected chi connectivity index (χ1v) is 11.2. The Hall–Kier alpha value is -2.60. The quantitative estimate of drug-likeness (QED) is 0.508. The summed E-state index contributed by atoms with van der Waals surface area (Å²) in [6.07, 6.45) is 4.50. The molecule has 156 valence electrons. The molecule has 0 saturated heterocycles. The number of aryl methyl sites for hydroxylation is 2. The number of aliphatic hydroxyl groups excluding tert-OH is 1. The van der Waals surface area contributed by atoms with Gasteiger partial charge in [-0.2, -0.15) is 10.2 Å². The Kier molecular flexibility index (Phi) is 5.11. The van der Waals surface area contributed by atoms with Gasteiger partial charge in [0.05, 0.1) is 47.8 Å². The SMILES string of the molecule is Cn1ccc(CN2COCc3c(c4sc(Cc5csc(CO)n5)nc4n3C)C=N2)n1. The van der Waals surface area contributed by atoms with Crippen LogP contribution >= 0.6 is 22.7 Å². The van der Waals surface area contributed by atoms with Crippen LogP contribution in [0.3, 0.4) is 0 Å². The first-order chi connectivity index (χ1) is 14.6. The van der Waals surface area contributed by atoms with E-state index in [9.17, 15) is 5.11 Å². The molecule has 0 fully saturated rings. The molecule has 9 nitrogen and oxygen atoms in total. The predicted octanol–water partition coefficient (Wildman–Crippen LogP) is 2.23. The monoisotopic (exact) mass is 443 g/mol. The summed E-state index contributed by atoms with van der Waals surface area (Å²) >= 11 is 3.13. The average molecular weight is 444 g/mol. The zero-order valence-corrected chi connectivity index (χ0v) is 18.3. The Morgan fingerprint density at radius 3 is 2.87 bits per heavy atom. The number of aromatic nitrogens is 5. The summed E-state index contributed by atoms with van der Waals surface area (Å²) in [5, 5.41) is 23.9. The van der Waals surface area contributed by atoms with Gasteiger partial charge < -0.3 is 14.4 Å². The maximum atomic E-state index is 9.23. The van der Waals surface area contributed by atoms with Gasteiger partial charge in [-0.05, 0) is 6.07 Å². The fourth-order valence-electron chi connectivity index (χ4n) is 3.48. The molecule has 0 aliphatic carbocycles. The third-order valence-corrected chi connectivity index (χ3v) is 6.90. The van der Waals surface area contributed by atoms with Crippen molar-refractivity contribution < 1.29 is 9.84 Å². The number of thiazole rings is 2. The van der Waals surface area contributed by atoms with E-state index in [1.54, 1.807) is 16.0 Å². The van der Waals surface area contributed by atoms with Crippen molar-refractivity contribution in [2.24, 2.45) is 19.2 Å². The molecule has 0 radical (unpaired) electrons. The van der Waals surface area contributed by atoms with Gasteiger partial charge in [-0.15, -0.1) is 22.7 Å². The van der Waals surface area contributed by atoms with Crippen molar-refractivity contribution in [3.8, 4) is 0 Å². The van der Waals surface area contributed by atoms with E-state index >= 15 is 0 Å². The molecule has 11 heteroatoms. The number of aliphatic hydroxyl groups is 1. The minimum absolute atomic E-state index is 0.0243. The van der Waals surface area contributed by atoms with E-state index in [1.807, 2.05) is 43.0 Å². The van der Waals surface area contributed by atoms with Crippen molar-refractivity contribution in [2.45, 2.75) is 26.2 Å². The molecule has 1 N–H and O–H groups in total. The highest BCUT2D eigenvalue weighted by molar-refractivity contribution is 7.19. The minimum atomic E-state index is -0.0243. The van der Waals surface area contributed by atoms with Crippen molar-refractivity contribution in [3.63, 3.8) is 0 Å². The van der Waals surface area contributed by atoms with Crippen LogP contribution in [0.4, 0.5) is 0 Å². The normalized spacial score (nSPS) is 14.3. The highest BCUT2D eigenvalue weighted by atomic mass is 32.1. The van der Waals surface area contributed by atoms with Gasteiger partial charge in [0.1, 0.15) is 16.7 Å². The van der Waals surface area contributed by atoms with Gasteiger partial charge in [-0.25, -0.2) is 9.97 Å². The Bertz CT molecular complexity index is 1220. The molecule has 1 aliphatic heterocycles. The molecule has 0 saturated carbocycles. The van der Waals surface area contributed by atoms with Crippen LogP contribution in [0.15, 0.2) is 22.7 Å². The van der Waals surface area contributed by atoms with E-state index in [1.165, 1.54) is 11.3 Å². The smallest absolute Gasteiger partial charge is 0.152 e. The lowest BCUT2D eigenvalue weighted by Crippen LogP contribution is -2.23. The third kappa shape index (κ3) is 3.65. The average Bonchev–Trinajstić information content (AvgIpc) is 3.47. The lowest BCUT2D eigenvalue weighted by atomic mass is 10.2. The standard InChI is InChI=1S/C19H21N7O2S2/c1-24-4-3-12(23-24)7-26-11-28-9-15-14(6-20-26)18-19(25(15)2)22-16(30-18)5-13-10-29-17(8-27)21-13/h3-4,6,10,27H,5,7-9,11H2,1-2H3. The largest absolute Gasteiger partial charge is 0.389 e. The maximum Gasteiger partial charge on any atom is 0.152 e. The molecule has 0 atom stereocenters. The highest BCUT2D eigenvalue weighted by Crippen LogP contribution is 2.32. The number of hydrazone groups is 1. The van der Waals surface area contributed by atoms with Crippen molar-refractivity contribution in [1.29, 1.82) is 0 Å². The summed E-state index contributed by atoms with van der Waals surface area (Å²) in [5.74, 6) is 0. The van der Waals surface area contributed by atoms with E-state index in [0.29, 0.717) is 26.3 Å². The summed E-state index contributed by atoms with van der Waals surface area (Å²) in [5.41, 5.74) is 4.95. The van der Waals surface area contributed by atoms with Crippen LogP contribution in [-0.4, -0.2) is 47.4 Å². The second kappa shape index (κ2) is 7.91. The Morgan fingerprint density at radius 1 is 1.20 bits per heavy atom. The molecule has 0 bridgehead atoms. The zero-order valence-electron chi connectivity index (χ0n) is 16.6. The van der Waals surface area contributed by atoms with Gasteiger partial charge in [0, 0.05) is 37.7 Å². The molecule has 4 aromatic rings. The molecule has 5 rings (SSSR count). The molecule has 0 unspecified atom stereocenters. The van der Waals surface area contributed by atoms with Gasteiger partial charge >= 0.3 is 0 Å². The second-order valence-corrected chi connectivity index (χ2v) is 9.14. The van der Waals surface area contributed by atoms with Crippen molar-refractivity contribution in [3.05, 3.63) is 50.3 Å². The van der Waals surface area contributed by atoms with E-state index in [-0.39, 0.29) is 6.61 Å². The summed E-state index contributed by atoms with van der Waals surface area (Å²) in [6, 6.07) is 1.98. The van der Waals surface area contributed by atoms with Crippen molar-refractivity contribution in [2.75, 3.05) is 6.73 Å². The molecule has 0 amide bonds. The fraction of sp³-hybridized carbons (Fsp3) is 0.368. The molecule has 5 heterocycles. The topological polar surface area (TPSA) is 93.6 Å². The number of hydrogen-bond acceptors (Lipinski definition) is 9. The lowest BCUT2D eigenvalue weighted by molar-refractivity contribution is 0.0117. The van der Waals surface area contributed by atoms with Crippen LogP contribution in [-0.2, 0) is 45.0 Å². The number of fused-ring (bicyclic) bond motifs is 3. The predicted molar refractivity (Wildman–Crippen MR) is 115 cm³/mol. The number of ether oxygens (including phenoxy) is 1. The van der Waals surface area contributed by atoms with Gasteiger partial charge in [0.2, 0.25) is 0 Å². The fourth-order valence-corrected chi connectivity index (χ4v) is 5.27. The van der Waals surface area contributed by atoms with Crippen molar-refractivity contribution >= 4 is 39.2 Å². The molecule has 0 aromatic carbocycles. The van der Waals surface area contributed by atoms with Crippen LogP contribution in [0.1, 0.15) is 32.7 Å². The molecule has 4 aromatic heterocycles. The molecular weight excluding hydrogens is 422 g/mol. The van der Waals surface area contributed by atoms with Crippen LogP contribution in [0.25, 0.3) is 10.3 Å². The van der Waals surface area contributed by atoms with E-state index in [0.717, 1.165) is 43.0 Å². The summed E-state index contributed by atoms with van der Waals surface area (Å²) < 4.78 is 10.9. The third-order valence-electron chi connectivity index (χ3n) is 4.94. The van der Waals surface area contributed by atoms with Crippen LogP contribution < -0.4 is 0 Å². The maximum absolute atomic E-state index is 9.23. The van der Waals surface area contributed by atoms with Crippen molar-refractivity contribution in [1.82, 2.24) is 29.3 Å². The first-order valence-electron chi connectivity index (χ1n) is 9.47. The Labute approximate surface area is 180 Å². The second-order valence-electron chi connectivity index (χ2n) is 7.11. The minimum Gasteiger partial charge on any atom is -0.389 e. The highest BCUT2D eigenvalue weighted by Gasteiger charge is 2.21. The number of hydrogen-bond donors (Lipinski definition) is 1. The summed E-state index contributed by atoms with van der Waals surface area (Å²) in [6.45, 7) is 1.47. The number of rotatable bonds is 5. The van der Waals surface area contributed by atoms with Gasteiger partial charge in [0.15, 0.2) is 5.65 Å². The number of nitrogens with zero attached hydrogens (tertiary/aromatic N) is 7. The summed E-state index contributed by atoms with van der Waals surface area (Å²) in [7, 11) is 3.92. The molecule has 1 aliphatic rings. The molecular formula is C19H21N7O2S2. The lowest BCUT2D eigenvalue weighted by Gasteiger charge is -2.20. The van der Waals surface area contributed by atoms with Gasteiger partial charge in [0.25, 0.3) is 0 Å². The zero-order chi connectivity index (χ0) is 20.7. The van der Waals surface area contributed by atoms with Gasteiger partial charge in [-0.3, -0.25) is 9.69 Å². The Balaban J connectivity index is 1.43. The van der Waals surface area contributed by atoms with Crippen LogP contribution in [0.2, 0.25) is 0 Å². The van der Waals surface area contributed by atoms with Crippen LogP contribution in [0.5, 0.6) is 0 Å². The molecule has 30 heavy (non-hydrogen) atoms. The molecule has 0 spiro atoms. The Morgan fingerprint density at radius 2 is 2.10 bits per heavy atom. The van der Waals surface area contributed by atoms with E-state index in [4.69, 9.17) is 9.72 Å². The first kappa shape index (κ1) is 19.4. The van der Waals surface area contributed by atoms with Crippen LogP contribution in [0, 0.1) is 0 Å². The van der Waals surface area contributed by atoms with Gasteiger partial charge in [-0.1, -0.05) is 0 Å². The summed E-state index contributed by atoms with van der Waals surface area (Å²) in [4.78, 5) is 9.27. The van der Waals surface area contributed by atoms with E-state index in [2.05, 4.69) is 19.8 Å².